The predicted molar refractivity (Wildman–Crippen MR) is 113 cm³/mol. The minimum Gasteiger partial charge on any atom is -0.487 e. The Hall–Kier alpha value is -3.93. The van der Waals surface area contributed by atoms with E-state index in [0.29, 0.717) is 23.5 Å². The minimum atomic E-state index is -0.939. The van der Waals surface area contributed by atoms with E-state index < -0.39 is 5.97 Å². The number of nitrogens with one attached hydrogen (secondary N) is 1. The summed E-state index contributed by atoms with van der Waals surface area (Å²) < 4.78 is 19.3. The van der Waals surface area contributed by atoms with Crippen molar-refractivity contribution in [2.45, 2.75) is 13.2 Å². The first-order valence-electron chi connectivity index (χ1n) is 9.41. The molecule has 6 heteroatoms. The van der Waals surface area contributed by atoms with Crippen molar-refractivity contribution in [2.75, 3.05) is 5.32 Å². The number of carbonyl (C=O) groups is 1. The quantitative estimate of drug-likeness (QED) is 0.441. The van der Waals surface area contributed by atoms with E-state index in [2.05, 4.69) is 10.3 Å². The van der Waals surface area contributed by atoms with Gasteiger partial charge in [0.1, 0.15) is 18.2 Å². The van der Waals surface area contributed by atoms with E-state index in [1.165, 1.54) is 12.1 Å². The molecule has 1 aromatic heterocycles. The maximum Gasteiger partial charge on any atom is 0.335 e. The van der Waals surface area contributed by atoms with Crippen LogP contribution in [-0.4, -0.2) is 16.1 Å². The lowest BCUT2D eigenvalue weighted by Crippen LogP contribution is -2.02. The molecule has 0 atom stereocenters. The zero-order chi connectivity index (χ0) is 20.9. The third-order valence-corrected chi connectivity index (χ3v) is 4.63. The molecule has 0 bridgehead atoms. The molecule has 1 heterocycles. The van der Waals surface area contributed by atoms with Crippen LogP contribution in [0.15, 0.2) is 78.9 Å². The summed E-state index contributed by atoms with van der Waals surface area (Å²) in [5.74, 6) is -0.572. The number of aromatic carboxylic acids is 1. The number of hydrogen-bond donors (Lipinski definition) is 2. The summed E-state index contributed by atoms with van der Waals surface area (Å²) in [6.07, 6.45) is 0. The molecule has 0 unspecified atom stereocenters. The Morgan fingerprint density at radius 3 is 2.60 bits per heavy atom. The molecular weight excluding hydrogens is 383 g/mol. The van der Waals surface area contributed by atoms with Crippen LogP contribution in [0, 0.1) is 5.82 Å². The average Bonchev–Trinajstić information content (AvgIpc) is 2.76. The van der Waals surface area contributed by atoms with Crippen molar-refractivity contribution in [3.8, 4) is 5.75 Å². The number of rotatable bonds is 7. The van der Waals surface area contributed by atoms with Crippen molar-refractivity contribution in [3.05, 3.63) is 102 Å². The second-order valence-electron chi connectivity index (χ2n) is 6.81. The van der Waals surface area contributed by atoms with Gasteiger partial charge in [-0.1, -0.05) is 24.3 Å². The molecule has 0 saturated heterocycles. The normalized spacial score (nSPS) is 10.7. The van der Waals surface area contributed by atoms with Crippen LogP contribution < -0.4 is 10.1 Å². The fraction of sp³-hybridized carbons (Fsp3) is 0.0833. The molecule has 0 aliphatic heterocycles. The van der Waals surface area contributed by atoms with Gasteiger partial charge < -0.3 is 15.2 Å². The molecule has 30 heavy (non-hydrogen) atoms. The smallest absolute Gasteiger partial charge is 0.335 e. The highest BCUT2D eigenvalue weighted by Crippen LogP contribution is 2.20. The molecule has 0 aliphatic rings. The van der Waals surface area contributed by atoms with Gasteiger partial charge in [-0.05, 0) is 48.0 Å². The number of benzene rings is 3. The van der Waals surface area contributed by atoms with Crippen LogP contribution in [0.5, 0.6) is 5.75 Å². The Morgan fingerprint density at radius 2 is 1.80 bits per heavy atom. The van der Waals surface area contributed by atoms with E-state index in [4.69, 9.17) is 9.84 Å². The Kier molecular flexibility index (Phi) is 5.57. The highest BCUT2D eigenvalue weighted by atomic mass is 19.1. The highest BCUT2D eigenvalue weighted by Gasteiger charge is 2.04. The van der Waals surface area contributed by atoms with Crippen LogP contribution in [-0.2, 0) is 13.2 Å². The lowest BCUT2D eigenvalue weighted by atomic mass is 10.1. The van der Waals surface area contributed by atoms with Gasteiger partial charge in [0.05, 0.1) is 16.8 Å². The Balaban J connectivity index is 1.38. The zero-order valence-corrected chi connectivity index (χ0v) is 16.0. The first-order valence-corrected chi connectivity index (χ1v) is 9.41. The molecule has 2 N–H and O–H groups in total. The van der Waals surface area contributed by atoms with E-state index in [0.717, 1.165) is 16.6 Å². The van der Waals surface area contributed by atoms with E-state index in [-0.39, 0.29) is 18.0 Å². The molecule has 0 aliphatic carbocycles. The number of ether oxygens (including phenoxy) is 1. The number of carboxylic acid groups (broad SMARTS) is 1. The van der Waals surface area contributed by atoms with E-state index in [9.17, 15) is 9.18 Å². The number of anilines is 1. The number of halogens is 1. The standard InChI is InChI=1S/C24H19FN2O3/c25-19-10-8-17-9-11-21(27-23(17)12-19)15-30-22-3-1-2-20(13-22)26-14-16-4-6-18(7-5-16)24(28)29/h1-13,26H,14-15H2,(H,28,29). The monoisotopic (exact) mass is 402 g/mol. The number of fused-ring (bicyclic) bond motifs is 1. The minimum absolute atomic E-state index is 0.263. The topological polar surface area (TPSA) is 71.5 Å². The molecule has 4 rings (SSSR count). The van der Waals surface area contributed by atoms with Crippen molar-refractivity contribution >= 4 is 22.6 Å². The van der Waals surface area contributed by atoms with Crippen LogP contribution in [0.4, 0.5) is 10.1 Å². The van der Waals surface area contributed by atoms with Crippen molar-refractivity contribution < 1.29 is 19.0 Å². The first-order chi connectivity index (χ1) is 14.6. The van der Waals surface area contributed by atoms with Crippen LogP contribution in [0.25, 0.3) is 10.9 Å². The summed E-state index contributed by atoms with van der Waals surface area (Å²) in [7, 11) is 0. The van der Waals surface area contributed by atoms with Gasteiger partial charge in [0.15, 0.2) is 0 Å². The third kappa shape index (κ3) is 4.72. The molecule has 150 valence electrons. The summed E-state index contributed by atoms with van der Waals surface area (Å²) >= 11 is 0. The van der Waals surface area contributed by atoms with Gasteiger partial charge in [0.2, 0.25) is 0 Å². The van der Waals surface area contributed by atoms with E-state index >= 15 is 0 Å². The summed E-state index contributed by atoms with van der Waals surface area (Å²) in [4.78, 5) is 15.4. The van der Waals surface area contributed by atoms with Gasteiger partial charge in [-0.15, -0.1) is 0 Å². The number of nitrogens with zero attached hydrogens (tertiary/aromatic N) is 1. The Morgan fingerprint density at radius 1 is 1.00 bits per heavy atom. The van der Waals surface area contributed by atoms with Crippen molar-refractivity contribution in [1.82, 2.24) is 4.98 Å². The summed E-state index contributed by atoms with van der Waals surface area (Å²) in [5.41, 5.74) is 3.42. The molecule has 0 radical (unpaired) electrons. The largest absolute Gasteiger partial charge is 0.487 e. The highest BCUT2D eigenvalue weighted by molar-refractivity contribution is 5.87. The van der Waals surface area contributed by atoms with Crippen molar-refractivity contribution in [3.63, 3.8) is 0 Å². The molecule has 0 saturated carbocycles. The number of pyridine rings is 1. The zero-order valence-electron chi connectivity index (χ0n) is 16.0. The molecule has 3 aromatic carbocycles. The molecule has 0 spiro atoms. The van der Waals surface area contributed by atoms with Gasteiger partial charge in [-0.3, -0.25) is 0 Å². The first kappa shape index (κ1) is 19.4. The second kappa shape index (κ2) is 8.61. The average molecular weight is 402 g/mol. The molecule has 0 amide bonds. The maximum absolute atomic E-state index is 13.4. The lowest BCUT2D eigenvalue weighted by molar-refractivity contribution is 0.0697. The number of hydrogen-bond acceptors (Lipinski definition) is 4. The Bertz CT molecular complexity index is 1190. The van der Waals surface area contributed by atoms with Crippen LogP contribution in [0.1, 0.15) is 21.6 Å². The van der Waals surface area contributed by atoms with Crippen molar-refractivity contribution in [1.29, 1.82) is 0 Å². The Labute approximate surface area is 172 Å². The summed E-state index contributed by atoms with van der Waals surface area (Å²) in [6.45, 7) is 0.827. The molecule has 5 nitrogen and oxygen atoms in total. The van der Waals surface area contributed by atoms with E-state index in [1.807, 2.05) is 36.4 Å². The van der Waals surface area contributed by atoms with Crippen LogP contribution >= 0.6 is 0 Å². The molecule has 4 aromatic rings. The summed E-state index contributed by atoms with van der Waals surface area (Å²) in [6, 6.07) is 22.6. The van der Waals surface area contributed by atoms with Crippen LogP contribution in [0.3, 0.4) is 0 Å². The fourth-order valence-electron chi connectivity index (χ4n) is 3.04. The van der Waals surface area contributed by atoms with Gasteiger partial charge >= 0.3 is 5.97 Å². The SMILES string of the molecule is O=C(O)c1ccc(CNc2cccc(OCc3ccc4ccc(F)cc4n3)c2)cc1. The van der Waals surface area contributed by atoms with Gasteiger partial charge in [0, 0.05) is 29.8 Å². The predicted octanol–water partition coefficient (Wildman–Crippen LogP) is 5.26. The summed E-state index contributed by atoms with van der Waals surface area (Å²) in [5, 5.41) is 13.1. The van der Waals surface area contributed by atoms with Gasteiger partial charge in [-0.25, -0.2) is 14.2 Å². The number of aromatic nitrogens is 1. The van der Waals surface area contributed by atoms with Gasteiger partial charge in [0.25, 0.3) is 0 Å². The third-order valence-electron chi connectivity index (χ3n) is 4.63. The lowest BCUT2D eigenvalue weighted by Gasteiger charge is -2.10. The fourth-order valence-corrected chi connectivity index (χ4v) is 3.04. The second-order valence-corrected chi connectivity index (χ2v) is 6.81. The van der Waals surface area contributed by atoms with Crippen LogP contribution in [0.2, 0.25) is 0 Å². The maximum atomic E-state index is 13.4. The molecule has 0 fully saturated rings. The van der Waals surface area contributed by atoms with Gasteiger partial charge in [-0.2, -0.15) is 0 Å². The number of carboxylic acids is 1. The molecular formula is C24H19FN2O3. The van der Waals surface area contributed by atoms with E-state index in [1.54, 1.807) is 30.3 Å². The van der Waals surface area contributed by atoms with Crippen molar-refractivity contribution in [2.24, 2.45) is 0 Å².